The number of nitrogens with zero attached hydrogens (tertiary/aromatic N) is 7. The summed E-state index contributed by atoms with van der Waals surface area (Å²) in [4.78, 5) is 50.3. The Bertz CT molecular complexity index is 3780. The highest BCUT2D eigenvalue weighted by atomic mass is 19.1. The quantitative estimate of drug-likeness (QED) is 0.0530. The number of furan rings is 1. The zero-order chi connectivity index (χ0) is 53.4. The van der Waals surface area contributed by atoms with Crippen LogP contribution in [0.1, 0.15) is 47.6 Å². The summed E-state index contributed by atoms with van der Waals surface area (Å²) in [6.45, 7) is 7.36. The van der Waals surface area contributed by atoms with Gasteiger partial charge in [-0.15, -0.1) is 0 Å². The number of carbonyl (C=O) groups is 2. The molecule has 3 aromatic carbocycles. The molecule has 0 fully saturated rings. The van der Waals surface area contributed by atoms with Gasteiger partial charge in [0.1, 0.15) is 34.8 Å². The fraction of sp³-hybridized carbons (Fsp3) is 0.204. The molecule has 0 bridgehead atoms. The standard InChI is InChI=1S/C54H49F4N13O5/c1-7-70(5)54(73)44-51(60-26-61-52(44)76-40-22-35(56)48-33(46(40)58)19-29(4)63-48)65-42-24-37(67-69-42)38-20-30(25-74-38)15-17-71(6)53(72)43-49(75-39-21-34(55)47-32(45(39)57)18-28(3)62-47)27(2)12-11-16-59-50(43)64-41-23-36(66-68-41)31-13-9-8-10-14-31/h8-11,13-14,16,18-27,62-63H,7,12,15,17H2,1-6H3,(H2,59,64,66,68)(H2,60,61,65,67,69)/b16-11+,49-43?. The van der Waals surface area contributed by atoms with Gasteiger partial charge >= 0.3 is 0 Å². The number of halogens is 4. The Kier molecular flexibility index (Phi) is 13.7. The minimum atomic E-state index is -0.850. The van der Waals surface area contributed by atoms with Crippen LogP contribution in [0.15, 0.2) is 118 Å². The maximum absolute atomic E-state index is 16.2. The maximum atomic E-state index is 16.2. The summed E-state index contributed by atoms with van der Waals surface area (Å²) >= 11 is 0. The van der Waals surface area contributed by atoms with E-state index >= 15 is 17.6 Å². The molecule has 1 aliphatic rings. The van der Waals surface area contributed by atoms with Gasteiger partial charge in [-0.2, -0.15) is 10.2 Å². The van der Waals surface area contributed by atoms with Crippen molar-refractivity contribution in [3.63, 3.8) is 0 Å². The van der Waals surface area contributed by atoms with Gasteiger partial charge in [0, 0.05) is 85.7 Å². The lowest BCUT2D eigenvalue weighted by Crippen LogP contribution is -2.37. The number of ether oxygens (including phenoxy) is 2. The number of aromatic nitrogens is 8. The van der Waals surface area contributed by atoms with Gasteiger partial charge in [0.05, 0.1) is 23.0 Å². The Labute approximate surface area is 430 Å². The van der Waals surface area contributed by atoms with E-state index in [1.165, 1.54) is 28.2 Å². The van der Waals surface area contributed by atoms with Gasteiger partial charge in [-0.25, -0.2) is 32.5 Å². The third-order valence-corrected chi connectivity index (χ3v) is 12.8. The summed E-state index contributed by atoms with van der Waals surface area (Å²) in [5.74, 6) is -5.00. The Hall–Kier alpha value is -9.47. The summed E-state index contributed by atoms with van der Waals surface area (Å²) in [5.41, 5.74) is 3.56. The minimum Gasteiger partial charge on any atom is -0.462 e. The normalized spacial score (nSPS) is 14.1. The highest BCUT2D eigenvalue weighted by Gasteiger charge is 2.32. The Morgan fingerprint density at radius 1 is 0.789 bits per heavy atom. The van der Waals surface area contributed by atoms with Crippen LogP contribution < -0.4 is 20.1 Å². The largest absolute Gasteiger partial charge is 0.462 e. The number of amides is 2. The molecule has 6 N–H and O–H groups in total. The van der Waals surface area contributed by atoms with Crippen molar-refractivity contribution in [3.8, 4) is 40.1 Å². The minimum absolute atomic E-state index is 0.00195. The van der Waals surface area contributed by atoms with Crippen LogP contribution in [-0.2, 0) is 11.2 Å². The molecule has 7 heterocycles. The van der Waals surface area contributed by atoms with Crippen molar-refractivity contribution in [1.82, 2.24) is 50.1 Å². The molecule has 6 aromatic heterocycles. The first kappa shape index (κ1) is 50.1. The first-order valence-corrected chi connectivity index (χ1v) is 24.1. The number of anilines is 3. The monoisotopic (exact) mass is 1040 g/mol. The highest BCUT2D eigenvalue weighted by Crippen LogP contribution is 2.37. The van der Waals surface area contributed by atoms with E-state index in [0.29, 0.717) is 52.8 Å². The molecule has 10 rings (SSSR count). The molecule has 0 spiro atoms. The molecule has 18 nitrogen and oxygen atoms in total. The lowest BCUT2D eigenvalue weighted by Gasteiger charge is -2.26. The second-order valence-electron chi connectivity index (χ2n) is 18.2. The first-order chi connectivity index (χ1) is 36.6. The van der Waals surface area contributed by atoms with E-state index in [4.69, 9.17) is 13.9 Å². The van der Waals surface area contributed by atoms with Crippen LogP contribution >= 0.6 is 0 Å². The molecular weight excluding hydrogens is 987 g/mol. The van der Waals surface area contributed by atoms with Crippen molar-refractivity contribution in [3.05, 3.63) is 155 Å². The predicted octanol–water partition coefficient (Wildman–Crippen LogP) is 11.0. The van der Waals surface area contributed by atoms with E-state index in [9.17, 15) is 9.59 Å². The van der Waals surface area contributed by atoms with E-state index in [1.807, 2.05) is 37.3 Å². The predicted molar refractivity (Wildman–Crippen MR) is 277 cm³/mol. The van der Waals surface area contributed by atoms with Crippen LogP contribution in [0.4, 0.5) is 35.0 Å². The number of likely N-dealkylation sites (N-methyl/N-ethyl adjacent to an activating group) is 1. The number of hydrogen-bond acceptors (Lipinski definition) is 12. The summed E-state index contributed by atoms with van der Waals surface area (Å²) in [6.07, 6.45) is 6.64. The van der Waals surface area contributed by atoms with Crippen molar-refractivity contribution >= 4 is 56.9 Å². The van der Waals surface area contributed by atoms with Crippen molar-refractivity contribution in [2.24, 2.45) is 10.9 Å². The molecule has 76 heavy (non-hydrogen) atoms. The average molecular weight is 1040 g/mol. The number of benzene rings is 3. The Morgan fingerprint density at radius 2 is 1.43 bits per heavy atom. The van der Waals surface area contributed by atoms with Gasteiger partial charge in [-0.1, -0.05) is 43.3 Å². The summed E-state index contributed by atoms with van der Waals surface area (Å²) < 4.78 is 80.6. The lowest BCUT2D eigenvalue weighted by molar-refractivity contribution is -0.125. The van der Waals surface area contributed by atoms with Crippen molar-refractivity contribution < 1.29 is 41.0 Å². The number of aromatic amines is 4. The second-order valence-corrected chi connectivity index (χ2v) is 18.2. The topological polar surface area (TPSA) is 223 Å². The lowest BCUT2D eigenvalue weighted by atomic mass is 9.98. The molecule has 0 aliphatic carbocycles. The third-order valence-electron chi connectivity index (χ3n) is 12.8. The first-order valence-electron chi connectivity index (χ1n) is 24.1. The summed E-state index contributed by atoms with van der Waals surface area (Å²) in [7, 11) is 3.16. The third kappa shape index (κ3) is 9.98. The zero-order valence-electron chi connectivity index (χ0n) is 41.8. The van der Waals surface area contributed by atoms with Crippen molar-refractivity contribution in [2.75, 3.05) is 37.8 Å². The number of carbonyl (C=O) groups excluding carboxylic acids is 2. The molecule has 0 saturated heterocycles. The van der Waals surface area contributed by atoms with Crippen LogP contribution in [-0.4, -0.2) is 95.0 Å². The zero-order valence-corrected chi connectivity index (χ0v) is 41.8. The van der Waals surface area contributed by atoms with E-state index < -0.39 is 52.5 Å². The smallest absolute Gasteiger partial charge is 0.262 e. The van der Waals surface area contributed by atoms with Gasteiger partial charge < -0.3 is 44.3 Å². The van der Waals surface area contributed by atoms with E-state index in [-0.39, 0.29) is 75.1 Å². The number of rotatable bonds is 15. The number of H-pyrrole nitrogens is 4. The Morgan fingerprint density at radius 3 is 2.12 bits per heavy atom. The fourth-order valence-corrected chi connectivity index (χ4v) is 8.63. The molecule has 1 unspecified atom stereocenters. The average Bonchev–Trinajstić information content (AvgIpc) is 4.29. The summed E-state index contributed by atoms with van der Waals surface area (Å²) in [5, 5.41) is 20.8. The van der Waals surface area contributed by atoms with Gasteiger partial charge in [0.2, 0.25) is 5.88 Å². The van der Waals surface area contributed by atoms with Crippen LogP contribution in [0.5, 0.6) is 17.4 Å². The number of amidine groups is 1. The van der Waals surface area contributed by atoms with Crippen molar-refractivity contribution in [2.45, 2.75) is 40.5 Å². The van der Waals surface area contributed by atoms with E-state index in [1.54, 1.807) is 65.3 Å². The van der Waals surface area contributed by atoms with E-state index in [0.717, 1.165) is 24.0 Å². The van der Waals surface area contributed by atoms with Gasteiger partial charge in [-0.3, -0.25) is 19.8 Å². The van der Waals surface area contributed by atoms with Crippen LogP contribution in [0.3, 0.4) is 0 Å². The number of allylic oxidation sites excluding steroid dienone is 2. The number of hydrogen-bond donors (Lipinski definition) is 6. The second kappa shape index (κ2) is 20.8. The number of nitrogens with one attached hydrogen (secondary N) is 6. The fourth-order valence-electron chi connectivity index (χ4n) is 8.63. The van der Waals surface area contributed by atoms with Crippen LogP contribution in [0.2, 0.25) is 0 Å². The number of aliphatic imine (C=N–C) groups is 1. The van der Waals surface area contributed by atoms with Gasteiger partial charge in [0.15, 0.2) is 58.0 Å². The van der Waals surface area contributed by atoms with Crippen molar-refractivity contribution in [1.29, 1.82) is 0 Å². The molecule has 9 aromatic rings. The number of fused-ring (bicyclic) bond motifs is 2. The SMILES string of the molecule is CCN(C)C(=O)c1c(Nc2cc(-c3cc(CCN(C)C(=O)C4=C(Oc5cc(F)c6[nH]c(C)cc6c5F)C(C)C/C=C/N=C4Nc4cc(-c5ccccc5)[nH]n4)co3)[nH]n2)ncnc1Oc1cc(F)c2[nH]c(C)cc2c1F. The molecule has 388 valence electrons. The molecule has 0 saturated carbocycles. The molecule has 1 aliphatic heterocycles. The molecule has 22 heteroatoms. The maximum Gasteiger partial charge on any atom is 0.262 e. The molecule has 1 atom stereocenters. The van der Waals surface area contributed by atoms with Crippen LogP contribution in [0.25, 0.3) is 44.5 Å². The van der Waals surface area contributed by atoms with Gasteiger partial charge in [-0.05, 0) is 62.9 Å². The summed E-state index contributed by atoms with van der Waals surface area (Å²) in [6, 6.07) is 19.4. The molecule has 0 radical (unpaired) electrons. The highest BCUT2D eigenvalue weighted by molar-refractivity contribution is 6.25. The molecule has 2 amide bonds. The molecular formula is C54H49F4N13O5. The van der Waals surface area contributed by atoms with Crippen LogP contribution in [0, 0.1) is 43.0 Å². The van der Waals surface area contributed by atoms with E-state index in [2.05, 4.69) is 56.0 Å². The van der Waals surface area contributed by atoms with Gasteiger partial charge in [0.25, 0.3) is 11.8 Å². The Balaban J connectivity index is 0.898. The number of aryl methyl sites for hydroxylation is 2.